The number of aliphatic carboxylic acids is 1. The highest BCUT2D eigenvalue weighted by Crippen LogP contribution is 2.07. The van der Waals surface area contributed by atoms with Crippen molar-refractivity contribution >= 4 is 5.97 Å². The molecular formula is C16H28O2. The topological polar surface area (TPSA) is 37.3 Å². The molecule has 0 aliphatic rings. The Kier molecular flexibility index (Phi) is 13.2. The second-order valence-corrected chi connectivity index (χ2v) is 4.70. The average Bonchev–Trinajstić information content (AvgIpc) is 2.34. The third-order valence-electron chi connectivity index (χ3n) is 2.87. The molecule has 0 spiro atoms. The Bertz CT molecular complexity index is 241. The molecule has 0 saturated heterocycles. The first-order valence-electron chi connectivity index (χ1n) is 7.30. The summed E-state index contributed by atoms with van der Waals surface area (Å²) in [6.07, 6.45) is 19.4. The third kappa shape index (κ3) is 14.9. The number of unbranched alkanes of at least 4 members (excludes halogenated alkanes) is 7. The summed E-state index contributed by atoms with van der Waals surface area (Å²) in [7, 11) is 0. The number of carboxylic acid groups (broad SMARTS) is 1. The SMILES string of the molecule is CCCCCCCCC=CC=CCCCC(=O)O. The Morgan fingerprint density at radius 1 is 0.889 bits per heavy atom. The first-order valence-corrected chi connectivity index (χ1v) is 7.30. The first kappa shape index (κ1) is 16.9. The summed E-state index contributed by atoms with van der Waals surface area (Å²) in [4.78, 5) is 10.3. The fraction of sp³-hybridized carbons (Fsp3) is 0.688. The lowest BCUT2D eigenvalue weighted by molar-refractivity contribution is -0.137. The van der Waals surface area contributed by atoms with Crippen LogP contribution in [0.3, 0.4) is 0 Å². The van der Waals surface area contributed by atoms with E-state index in [2.05, 4.69) is 19.1 Å². The molecule has 0 aromatic carbocycles. The molecule has 0 aromatic heterocycles. The summed E-state index contributed by atoms with van der Waals surface area (Å²) in [5, 5.41) is 8.45. The van der Waals surface area contributed by atoms with Crippen molar-refractivity contribution < 1.29 is 9.90 Å². The van der Waals surface area contributed by atoms with Crippen molar-refractivity contribution in [3.8, 4) is 0 Å². The van der Waals surface area contributed by atoms with Gasteiger partial charge in [0.2, 0.25) is 0 Å². The predicted octanol–water partition coefficient (Wildman–Crippen LogP) is 5.10. The summed E-state index contributed by atoms with van der Waals surface area (Å²) in [6, 6.07) is 0. The molecule has 0 aliphatic carbocycles. The van der Waals surface area contributed by atoms with Crippen LogP contribution in [0.2, 0.25) is 0 Å². The van der Waals surface area contributed by atoms with Gasteiger partial charge < -0.3 is 5.11 Å². The van der Waals surface area contributed by atoms with Gasteiger partial charge in [-0.15, -0.1) is 0 Å². The van der Waals surface area contributed by atoms with Crippen LogP contribution in [0.1, 0.15) is 71.1 Å². The van der Waals surface area contributed by atoms with Crippen molar-refractivity contribution in [2.45, 2.75) is 71.1 Å². The molecule has 0 atom stereocenters. The van der Waals surface area contributed by atoms with Crippen molar-refractivity contribution in [2.75, 3.05) is 0 Å². The van der Waals surface area contributed by atoms with Crippen LogP contribution in [0.25, 0.3) is 0 Å². The lowest BCUT2D eigenvalue weighted by atomic mass is 10.1. The van der Waals surface area contributed by atoms with Crippen LogP contribution in [0.5, 0.6) is 0 Å². The smallest absolute Gasteiger partial charge is 0.303 e. The molecule has 2 heteroatoms. The van der Waals surface area contributed by atoms with Gasteiger partial charge >= 0.3 is 5.97 Å². The van der Waals surface area contributed by atoms with Crippen molar-refractivity contribution in [1.82, 2.24) is 0 Å². The molecule has 18 heavy (non-hydrogen) atoms. The largest absolute Gasteiger partial charge is 0.481 e. The zero-order valence-corrected chi connectivity index (χ0v) is 11.7. The minimum absolute atomic E-state index is 0.270. The molecular weight excluding hydrogens is 224 g/mol. The summed E-state index contributed by atoms with van der Waals surface area (Å²) in [5.41, 5.74) is 0. The molecule has 0 heterocycles. The Balaban J connectivity index is 3.21. The lowest BCUT2D eigenvalue weighted by Crippen LogP contribution is -1.92. The summed E-state index contributed by atoms with van der Waals surface area (Å²) in [5.74, 6) is -0.706. The van der Waals surface area contributed by atoms with Crippen molar-refractivity contribution in [1.29, 1.82) is 0 Å². The second kappa shape index (κ2) is 14.0. The minimum Gasteiger partial charge on any atom is -0.481 e. The molecule has 0 unspecified atom stereocenters. The van der Waals surface area contributed by atoms with Crippen LogP contribution < -0.4 is 0 Å². The number of hydrogen-bond donors (Lipinski definition) is 1. The molecule has 0 fully saturated rings. The highest BCUT2D eigenvalue weighted by molar-refractivity contribution is 5.66. The number of carbonyl (C=O) groups is 1. The standard InChI is InChI=1S/C16H28O2/c1-2-3-4-5-6-7-8-9-10-11-12-13-14-15-16(17)18/h9-12H,2-8,13-15H2,1H3,(H,17,18). The average molecular weight is 252 g/mol. The van der Waals surface area contributed by atoms with E-state index in [1.165, 1.54) is 38.5 Å². The van der Waals surface area contributed by atoms with E-state index in [0.717, 1.165) is 19.3 Å². The number of allylic oxidation sites excluding steroid dienone is 4. The molecule has 0 rings (SSSR count). The van der Waals surface area contributed by atoms with Gasteiger partial charge in [-0.2, -0.15) is 0 Å². The van der Waals surface area contributed by atoms with Gasteiger partial charge in [0.1, 0.15) is 0 Å². The van der Waals surface area contributed by atoms with Crippen LogP contribution in [-0.4, -0.2) is 11.1 Å². The zero-order valence-electron chi connectivity index (χ0n) is 11.7. The number of hydrogen-bond acceptors (Lipinski definition) is 1. The van der Waals surface area contributed by atoms with Crippen LogP contribution in [0, 0.1) is 0 Å². The number of carboxylic acids is 1. The Labute approximate surface area is 112 Å². The van der Waals surface area contributed by atoms with E-state index >= 15 is 0 Å². The van der Waals surface area contributed by atoms with Gasteiger partial charge in [0, 0.05) is 6.42 Å². The maximum absolute atomic E-state index is 10.3. The fourth-order valence-corrected chi connectivity index (χ4v) is 1.76. The number of rotatable bonds is 12. The van der Waals surface area contributed by atoms with E-state index in [4.69, 9.17) is 5.11 Å². The molecule has 0 radical (unpaired) electrons. The summed E-state index contributed by atoms with van der Waals surface area (Å²) in [6.45, 7) is 2.24. The molecule has 1 N–H and O–H groups in total. The van der Waals surface area contributed by atoms with Crippen molar-refractivity contribution in [3.05, 3.63) is 24.3 Å². The molecule has 104 valence electrons. The summed E-state index contributed by atoms with van der Waals surface area (Å²) < 4.78 is 0. The third-order valence-corrected chi connectivity index (χ3v) is 2.87. The molecule has 0 amide bonds. The fourth-order valence-electron chi connectivity index (χ4n) is 1.76. The monoisotopic (exact) mass is 252 g/mol. The van der Waals surface area contributed by atoms with E-state index < -0.39 is 5.97 Å². The van der Waals surface area contributed by atoms with Crippen LogP contribution in [0.15, 0.2) is 24.3 Å². The Morgan fingerprint density at radius 3 is 2.06 bits per heavy atom. The van der Waals surface area contributed by atoms with Gasteiger partial charge in [0.15, 0.2) is 0 Å². The van der Waals surface area contributed by atoms with E-state index in [1.807, 2.05) is 12.2 Å². The van der Waals surface area contributed by atoms with E-state index in [9.17, 15) is 4.79 Å². The molecule has 0 aliphatic heterocycles. The predicted molar refractivity (Wildman–Crippen MR) is 77.8 cm³/mol. The molecule has 0 saturated carbocycles. The van der Waals surface area contributed by atoms with E-state index in [-0.39, 0.29) is 6.42 Å². The lowest BCUT2D eigenvalue weighted by Gasteiger charge is -1.97. The molecule has 0 aromatic rings. The highest BCUT2D eigenvalue weighted by atomic mass is 16.4. The maximum Gasteiger partial charge on any atom is 0.303 e. The Hall–Kier alpha value is -1.05. The quantitative estimate of drug-likeness (QED) is 0.387. The highest BCUT2D eigenvalue weighted by Gasteiger charge is 1.92. The van der Waals surface area contributed by atoms with Gasteiger partial charge in [0.25, 0.3) is 0 Å². The van der Waals surface area contributed by atoms with Gasteiger partial charge in [-0.05, 0) is 25.7 Å². The molecule has 2 nitrogen and oxygen atoms in total. The van der Waals surface area contributed by atoms with Crippen LogP contribution in [0.4, 0.5) is 0 Å². The van der Waals surface area contributed by atoms with E-state index in [1.54, 1.807) is 0 Å². The van der Waals surface area contributed by atoms with Gasteiger partial charge in [0.05, 0.1) is 0 Å². The minimum atomic E-state index is -0.706. The van der Waals surface area contributed by atoms with Gasteiger partial charge in [-0.3, -0.25) is 4.79 Å². The summed E-state index contributed by atoms with van der Waals surface area (Å²) >= 11 is 0. The van der Waals surface area contributed by atoms with Crippen molar-refractivity contribution in [3.63, 3.8) is 0 Å². The zero-order chi connectivity index (χ0) is 13.5. The van der Waals surface area contributed by atoms with Crippen LogP contribution >= 0.6 is 0 Å². The maximum atomic E-state index is 10.3. The van der Waals surface area contributed by atoms with Crippen LogP contribution in [-0.2, 0) is 4.79 Å². The van der Waals surface area contributed by atoms with Crippen molar-refractivity contribution in [2.24, 2.45) is 0 Å². The first-order chi connectivity index (χ1) is 8.77. The Morgan fingerprint density at radius 2 is 1.44 bits per heavy atom. The van der Waals surface area contributed by atoms with Gasteiger partial charge in [-0.25, -0.2) is 0 Å². The van der Waals surface area contributed by atoms with E-state index in [0.29, 0.717) is 0 Å². The normalized spacial score (nSPS) is 11.6. The molecule has 0 bridgehead atoms. The van der Waals surface area contributed by atoms with Gasteiger partial charge in [-0.1, -0.05) is 63.3 Å². The second-order valence-electron chi connectivity index (χ2n) is 4.70.